The summed E-state index contributed by atoms with van der Waals surface area (Å²) in [6, 6.07) is 11.5. The first-order chi connectivity index (χ1) is 10.6. The van der Waals surface area contributed by atoms with E-state index in [0.29, 0.717) is 11.3 Å². The topological polar surface area (TPSA) is 46.3 Å². The molecule has 0 unspecified atom stereocenters. The number of hydrogen-bond acceptors (Lipinski definition) is 3. The normalized spacial score (nSPS) is 14.4. The molecule has 2 N–H and O–H groups in total. The van der Waals surface area contributed by atoms with E-state index >= 15 is 0 Å². The minimum Gasteiger partial charge on any atom is -0.397 e. The number of nitrogen functional groups attached to an aromatic ring is 1. The summed E-state index contributed by atoms with van der Waals surface area (Å²) in [5.74, 6) is 0.0303. The molecule has 3 rings (SSSR count). The molecular formula is C19H22N2O. The smallest absolute Gasteiger partial charge is 0.193 e. The SMILES string of the molecule is Cc1ccc(C(=O)c2ccc(N3CCCC3)c(N)c2)cc1C. The van der Waals surface area contributed by atoms with Crippen LogP contribution in [-0.4, -0.2) is 18.9 Å². The maximum atomic E-state index is 12.6. The lowest BCUT2D eigenvalue weighted by Crippen LogP contribution is -2.19. The van der Waals surface area contributed by atoms with E-state index in [4.69, 9.17) is 5.73 Å². The van der Waals surface area contributed by atoms with E-state index in [1.807, 2.05) is 50.2 Å². The van der Waals surface area contributed by atoms with Crippen LogP contribution in [0, 0.1) is 13.8 Å². The van der Waals surface area contributed by atoms with Crippen LogP contribution in [-0.2, 0) is 0 Å². The molecule has 0 atom stereocenters. The van der Waals surface area contributed by atoms with Gasteiger partial charge >= 0.3 is 0 Å². The van der Waals surface area contributed by atoms with Crippen LogP contribution in [0.3, 0.4) is 0 Å². The second kappa shape index (κ2) is 5.84. The molecule has 0 spiro atoms. The van der Waals surface area contributed by atoms with Gasteiger partial charge in [0.15, 0.2) is 5.78 Å². The largest absolute Gasteiger partial charge is 0.397 e. The maximum Gasteiger partial charge on any atom is 0.193 e. The summed E-state index contributed by atoms with van der Waals surface area (Å²) in [6.07, 6.45) is 2.42. The number of rotatable bonds is 3. The molecule has 1 heterocycles. The summed E-state index contributed by atoms with van der Waals surface area (Å²) in [5.41, 5.74) is 11.6. The number of anilines is 2. The van der Waals surface area contributed by atoms with Gasteiger partial charge in [-0.05, 0) is 62.1 Å². The van der Waals surface area contributed by atoms with Gasteiger partial charge in [-0.3, -0.25) is 4.79 Å². The molecule has 1 aliphatic heterocycles. The number of nitrogens with two attached hydrogens (primary N) is 1. The van der Waals surface area contributed by atoms with E-state index in [2.05, 4.69) is 4.90 Å². The molecular weight excluding hydrogens is 272 g/mol. The van der Waals surface area contributed by atoms with Crippen molar-refractivity contribution < 1.29 is 4.79 Å². The molecule has 0 radical (unpaired) electrons. The van der Waals surface area contributed by atoms with Gasteiger partial charge in [-0.1, -0.05) is 12.1 Å². The average molecular weight is 294 g/mol. The zero-order valence-corrected chi connectivity index (χ0v) is 13.2. The molecule has 2 aromatic carbocycles. The van der Waals surface area contributed by atoms with Gasteiger partial charge < -0.3 is 10.6 Å². The molecule has 0 amide bonds. The van der Waals surface area contributed by atoms with Gasteiger partial charge in [-0.25, -0.2) is 0 Å². The minimum absolute atomic E-state index is 0.0303. The van der Waals surface area contributed by atoms with Crippen molar-refractivity contribution in [2.45, 2.75) is 26.7 Å². The first-order valence-electron chi connectivity index (χ1n) is 7.82. The van der Waals surface area contributed by atoms with Crippen molar-refractivity contribution >= 4 is 17.2 Å². The Hall–Kier alpha value is -2.29. The predicted molar refractivity (Wildman–Crippen MR) is 91.6 cm³/mol. The minimum atomic E-state index is 0.0303. The molecule has 3 nitrogen and oxygen atoms in total. The molecule has 1 saturated heterocycles. The van der Waals surface area contributed by atoms with Gasteiger partial charge in [0.05, 0.1) is 11.4 Å². The highest BCUT2D eigenvalue weighted by Crippen LogP contribution is 2.28. The quantitative estimate of drug-likeness (QED) is 0.693. The average Bonchev–Trinajstić information content (AvgIpc) is 3.03. The fraction of sp³-hybridized carbons (Fsp3) is 0.316. The van der Waals surface area contributed by atoms with Gasteiger partial charge in [0, 0.05) is 24.2 Å². The Bertz CT molecular complexity index is 715. The molecule has 3 heteroatoms. The maximum absolute atomic E-state index is 12.6. The van der Waals surface area contributed by atoms with Crippen molar-refractivity contribution in [1.82, 2.24) is 0 Å². The summed E-state index contributed by atoms with van der Waals surface area (Å²) in [6.45, 7) is 6.17. The monoisotopic (exact) mass is 294 g/mol. The van der Waals surface area contributed by atoms with Gasteiger partial charge in [-0.15, -0.1) is 0 Å². The number of carbonyl (C=O) groups is 1. The molecule has 0 aliphatic carbocycles. The van der Waals surface area contributed by atoms with Crippen LogP contribution in [0.1, 0.15) is 39.9 Å². The number of benzene rings is 2. The fourth-order valence-corrected chi connectivity index (χ4v) is 2.99. The molecule has 0 saturated carbocycles. The first kappa shape index (κ1) is 14.6. The summed E-state index contributed by atoms with van der Waals surface area (Å²) in [4.78, 5) is 14.9. The molecule has 1 fully saturated rings. The van der Waals surface area contributed by atoms with Gasteiger partial charge in [0.1, 0.15) is 0 Å². The lowest BCUT2D eigenvalue weighted by atomic mass is 9.98. The third kappa shape index (κ3) is 2.71. The van der Waals surface area contributed by atoms with Gasteiger partial charge in [-0.2, -0.15) is 0 Å². The van der Waals surface area contributed by atoms with Crippen LogP contribution in [0.2, 0.25) is 0 Å². The third-order valence-corrected chi connectivity index (χ3v) is 4.51. The van der Waals surface area contributed by atoms with Crippen LogP contribution in [0.15, 0.2) is 36.4 Å². The highest BCUT2D eigenvalue weighted by Gasteiger charge is 2.17. The Kier molecular flexibility index (Phi) is 3.88. The van der Waals surface area contributed by atoms with Crippen LogP contribution in [0.25, 0.3) is 0 Å². The summed E-state index contributed by atoms with van der Waals surface area (Å²) < 4.78 is 0. The fourth-order valence-electron chi connectivity index (χ4n) is 2.99. The molecule has 0 aromatic heterocycles. The van der Waals surface area contributed by atoms with Crippen molar-refractivity contribution in [3.05, 3.63) is 58.7 Å². The van der Waals surface area contributed by atoms with E-state index in [1.54, 1.807) is 0 Å². The third-order valence-electron chi connectivity index (χ3n) is 4.51. The van der Waals surface area contributed by atoms with Gasteiger partial charge in [0.2, 0.25) is 0 Å². The number of ketones is 1. The molecule has 22 heavy (non-hydrogen) atoms. The number of hydrogen-bond donors (Lipinski definition) is 1. The molecule has 1 aliphatic rings. The Morgan fingerprint density at radius 1 is 0.955 bits per heavy atom. The standard InChI is InChI=1S/C19H22N2O/c1-13-5-6-15(11-14(13)2)19(22)16-7-8-18(17(20)12-16)21-9-3-4-10-21/h5-8,11-12H,3-4,9-10,20H2,1-2H3. The summed E-state index contributed by atoms with van der Waals surface area (Å²) in [7, 11) is 0. The Labute approximate surface area is 131 Å². The first-order valence-corrected chi connectivity index (χ1v) is 7.82. The number of carbonyl (C=O) groups excluding carboxylic acids is 1. The number of nitrogens with zero attached hydrogens (tertiary/aromatic N) is 1. The van der Waals surface area contributed by atoms with E-state index < -0.39 is 0 Å². The lowest BCUT2D eigenvalue weighted by Gasteiger charge is -2.20. The zero-order chi connectivity index (χ0) is 15.7. The molecule has 114 valence electrons. The highest BCUT2D eigenvalue weighted by molar-refractivity contribution is 6.10. The van der Waals surface area contributed by atoms with E-state index in [9.17, 15) is 4.79 Å². The van der Waals surface area contributed by atoms with Crippen molar-refractivity contribution in [3.63, 3.8) is 0 Å². The van der Waals surface area contributed by atoms with E-state index in [1.165, 1.54) is 18.4 Å². The van der Waals surface area contributed by atoms with Crippen LogP contribution < -0.4 is 10.6 Å². The second-order valence-corrected chi connectivity index (χ2v) is 6.10. The molecule has 2 aromatic rings. The van der Waals surface area contributed by atoms with Crippen molar-refractivity contribution in [2.24, 2.45) is 0 Å². The van der Waals surface area contributed by atoms with Crippen molar-refractivity contribution in [2.75, 3.05) is 23.7 Å². The van der Waals surface area contributed by atoms with E-state index in [0.717, 1.165) is 29.9 Å². The number of aryl methyl sites for hydroxylation is 2. The van der Waals surface area contributed by atoms with Crippen molar-refractivity contribution in [1.29, 1.82) is 0 Å². The van der Waals surface area contributed by atoms with Crippen LogP contribution in [0.4, 0.5) is 11.4 Å². The molecule has 0 bridgehead atoms. The Morgan fingerprint density at radius 3 is 2.23 bits per heavy atom. The second-order valence-electron chi connectivity index (χ2n) is 6.10. The summed E-state index contributed by atoms with van der Waals surface area (Å²) in [5, 5.41) is 0. The van der Waals surface area contributed by atoms with E-state index in [-0.39, 0.29) is 5.78 Å². The van der Waals surface area contributed by atoms with Crippen LogP contribution >= 0.6 is 0 Å². The van der Waals surface area contributed by atoms with Gasteiger partial charge in [0.25, 0.3) is 0 Å². The van der Waals surface area contributed by atoms with Crippen molar-refractivity contribution in [3.8, 4) is 0 Å². The predicted octanol–water partition coefficient (Wildman–Crippen LogP) is 3.72. The lowest BCUT2D eigenvalue weighted by molar-refractivity contribution is 0.103. The zero-order valence-electron chi connectivity index (χ0n) is 13.2. The summed E-state index contributed by atoms with van der Waals surface area (Å²) >= 11 is 0. The highest BCUT2D eigenvalue weighted by atomic mass is 16.1. The van der Waals surface area contributed by atoms with Crippen LogP contribution in [0.5, 0.6) is 0 Å². The Morgan fingerprint density at radius 2 is 1.59 bits per heavy atom. The Balaban J connectivity index is 1.89.